The van der Waals surface area contributed by atoms with E-state index >= 15 is 0 Å². The van der Waals surface area contributed by atoms with Gasteiger partial charge in [-0.3, -0.25) is 0 Å². The molecule has 2 spiro atoms. The molecule has 0 bridgehead atoms. The first-order valence-electron chi connectivity index (χ1n) is 3.21. The number of rotatable bonds is 0. The normalized spacial score (nSPS) is 44.6. The fraction of sp³-hybridized carbons (Fsp3) is 0.857. The minimum absolute atomic E-state index is 0.882. The van der Waals surface area contributed by atoms with Gasteiger partial charge in [0.05, 0.1) is 0 Å². The smallest absolute Gasteiger partial charge is 0.0201 e. The zero-order valence-corrected chi connectivity index (χ0v) is 4.41. The molecule has 0 heteroatoms. The van der Waals surface area contributed by atoms with Crippen LogP contribution in [0.2, 0.25) is 0 Å². The third-order valence-electron chi connectivity index (χ3n) is 3.14. The summed E-state index contributed by atoms with van der Waals surface area (Å²) in [5.74, 6) is 0. The minimum atomic E-state index is 0.882. The highest BCUT2D eigenvalue weighted by molar-refractivity contribution is 5.37. The van der Waals surface area contributed by atoms with Crippen molar-refractivity contribution < 1.29 is 0 Å². The fourth-order valence-corrected chi connectivity index (χ4v) is 2.09. The second-order valence-electron chi connectivity index (χ2n) is 3.52. The van der Waals surface area contributed by atoms with Crippen LogP contribution >= 0.6 is 0 Å². The van der Waals surface area contributed by atoms with E-state index in [2.05, 4.69) is 6.42 Å². The number of fused-ring (bicyclic) bond motifs is 1. The van der Waals surface area contributed by atoms with Crippen molar-refractivity contribution in [2.75, 3.05) is 0 Å². The van der Waals surface area contributed by atoms with Crippen LogP contribution in [0.3, 0.4) is 0 Å². The van der Waals surface area contributed by atoms with Gasteiger partial charge in [0, 0.05) is 0 Å². The molecule has 0 N–H and O–H groups in total. The maximum absolute atomic E-state index is 2.51. The van der Waals surface area contributed by atoms with E-state index in [1.165, 1.54) is 6.42 Å². The Morgan fingerprint density at radius 2 is 2.00 bits per heavy atom. The molecule has 3 aliphatic rings. The molecule has 3 saturated carbocycles. The summed E-state index contributed by atoms with van der Waals surface area (Å²) in [4.78, 5) is 0. The van der Waals surface area contributed by atoms with Crippen molar-refractivity contribution in [1.82, 2.24) is 0 Å². The molecule has 3 aliphatic carbocycles. The van der Waals surface area contributed by atoms with E-state index in [0.29, 0.717) is 0 Å². The van der Waals surface area contributed by atoms with Crippen LogP contribution in [0.15, 0.2) is 0 Å². The van der Waals surface area contributed by atoms with E-state index in [1.54, 1.807) is 19.3 Å². The molecule has 3 fully saturated rings. The maximum Gasteiger partial charge on any atom is -0.0201 e. The summed E-state index contributed by atoms with van der Waals surface area (Å²) < 4.78 is 0. The van der Waals surface area contributed by atoms with Gasteiger partial charge in [0.15, 0.2) is 0 Å². The van der Waals surface area contributed by atoms with E-state index < -0.39 is 0 Å². The van der Waals surface area contributed by atoms with Crippen LogP contribution in [0.25, 0.3) is 0 Å². The Balaban J connectivity index is 2.08. The van der Waals surface area contributed by atoms with Crippen molar-refractivity contribution in [3.8, 4) is 0 Å². The molecule has 1 radical (unpaired) electrons. The van der Waals surface area contributed by atoms with Gasteiger partial charge in [-0.05, 0) is 42.9 Å². The Morgan fingerprint density at radius 3 is 2.14 bits per heavy atom. The summed E-state index contributed by atoms with van der Waals surface area (Å²) in [5, 5.41) is 0. The summed E-state index contributed by atoms with van der Waals surface area (Å²) in [6, 6.07) is 0. The molecule has 0 aliphatic heterocycles. The molecule has 0 aromatic heterocycles. The molecular formula is C7H9. The Morgan fingerprint density at radius 1 is 1.29 bits per heavy atom. The average Bonchev–Trinajstić information content (AvgIpc) is 2.38. The first-order valence-corrected chi connectivity index (χ1v) is 3.21. The van der Waals surface area contributed by atoms with Crippen molar-refractivity contribution in [2.24, 2.45) is 10.8 Å². The molecule has 3 rings (SSSR count). The van der Waals surface area contributed by atoms with E-state index in [-0.39, 0.29) is 0 Å². The van der Waals surface area contributed by atoms with Crippen LogP contribution < -0.4 is 0 Å². The highest BCUT2D eigenvalue weighted by Crippen LogP contribution is 2.88. The first kappa shape index (κ1) is 3.11. The summed E-state index contributed by atoms with van der Waals surface area (Å²) in [7, 11) is 0. The standard InChI is InChI=1S/C7H9/c1-2-6(1)5-7(6)3-4-7/h1H,2-5H2. The molecule has 7 heavy (non-hydrogen) atoms. The largest absolute Gasteiger partial charge is 0.0465 e. The molecule has 0 aromatic carbocycles. The predicted octanol–water partition coefficient (Wildman–Crippen LogP) is 1.76. The third kappa shape index (κ3) is 0.181. The Bertz CT molecular complexity index is 111. The molecule has 1 unspecified atom stereocenters. The van der Waals surface area contributed by atoms with Gasteiger partial charge < -0.3 is 0 Å². The van der Waals surface area contributed by atoms with Gasteiger partial charge in [0.25, 0.3) is 0 Å². The number of hydrogen-bond donors (Lipinski definition) is 0. The lowest BCUT2D eigenvalue weighted by atomic mass is 10.3. The topological polar surface area (TPSA) is 0 Å². The van der Waals surface area contributed by atoms with Crippen LogP contribution in [-0.2, 0) is 0 Å². The SMILES string of the molecule is [CH]1CC12CC21CC1. The van der Waals surface area contributed by atoms with E-state index in [4.69, 9.17) is 0 Å². The second-order valence-corrected chi connectivity index (χ2v) is 3.52. The molecule has 0 saturated heterocycles. The summed E-state index contributed by atoms with van der Waals surface area (Å²) in [6.07, 6.45) is 8.67. The van der Waals surface area contributed by atoms with Gasteiger partial charge >= 0.3 is 0 Å². The first-order chi connectivity index (χ1) is 3.37. The fourth-order valence-electron chi connectivity index (χ4n) is 2.09. The van der Waals surface area contributed by atoms with Crippen LogP contribution in [0.4, 0.5) is 0 Å². The lowest BCUT2D eigenvalue weighted by Crippen LogP contribution is -1.71. The van der Waals surface area contributed by atoms with Crippen LogP contribution in [0.1, 0.15) is 25.7 Å². The zero-order chi connectivity index (χ0) is 4.54. The quantitative estimate of drug-likeness (QED) is 0.428. The van der Waals surface area contributed by atoms with Gasteiger partial charge in [-0.15, -0.1) is 0 Å². The van der Waals surface area contributed by atoms with Gasteiger partial charge in [-0.1, -0.05) is 0 Å². The summed E-state index contributed by atoms with van der Waals surface area (Å²) in [6.45, 7) is 0. The van der Waals surface area contributed by atoms with E-state index in [1.807, 2.05) is 0 Å². The lowest BCUT2D eigenvalue weighted by molar-refractivity contribution is 0.739. The minimum Gasteiger partial charge on any atom is -0.0465 e. The van der Waals surface area contributed by atoms with Gasteiger partial charge in [0.2, 0.25) is 0 Å². The third-order valence-corrected chi connectivity index (χ3v) is 3.14. The Labute approximate surface area is 43.9 Å². The van der Waals surface area contributed by atoms with Gasteiger partial charge in [0.1, 0.15) is 0 Å². The van der Waals surface area contributed by atoms with Crippen molar-refractivity contribution in [3.63, 3.8) is 0 Å². The number of hydrogen-bond acceptors (Lipinski definition) is 0. The lowest BCUT2D eigenvalue weighted by Gasteiger charge is -1.76. The maximum atomic E-state index is 2.51. The highest BCUT2D eigenvalue weighted by atomic mass is 14.8. The van der Waals surface area contributed by atoms with E-state index in [9.17, 15) is 0 Å². The molecule has 0 amide bonds. The van der Waals surface area contributed by atoms with Crippen LogP contribution in [0.5, 0.6) is 0 Å². The molecule has 0 heterocycles. The van der Waals surface area contributed by atoms with Gasteiger partial charge in [-0.2, -0.15) is 0 Å². The summed E-state index contributed by atoms with van der Waals surface area (Å²) in [5.41, 5.74) is 1.83. The molecular weight excluding hydrogens is 84.1 g/mol. The highest BCUT2D eigenvalue weighted by Gasteiger charge is 2.79. The van der Waals surface area contributed by atoms with Crippen LogP contribution in [-0.4, -0.2) is 0 Å². The van der Waals surface area contributed by atoms with Crippen molar-refractivity contribution >= 4 is 0 Å². The average molecular weight is 93.1 g/mol. The van der Waals surface area contributed by atoms with Gasteiger partial charge in [-0.25, -0.2) is 0 Å². The Kier molecular flexibility index (Phi) is 0.231. The van der Waals surface area contributed by atoms with Crippen LogP contribution in [0, 0.1) is 17.3 Å². The second kappa shape index (κ2) is 0.519. The molecule has 0 aromatic rings. The molecule has 37 valence electrons. The van der Waals surface area contributed by atoms with Crippen molar-refractivity contribution in [3.05, 3.63) is 6.42 Å². The Hall–Kier alpha value is 0. The van der Waals surface area contributed by atoms with Crippen molar-refractivity contribution in [1.29, 1.82) is 0 Å². The van der Waals surface area contributed by atoms with E-state index in [0.717, 1.165) is 10.8 Å². The molecule has 1 atom stereocenters. The molecule has 0 nitrogen and oxygen atoms in total. The summed E-state index contributed by atoms with van der Waals surface area (Å²) >= 11 is 0. The zero-order valence-electron chi connectivity index (χ0n) is 4.41. The van der Waals surface area contributed by atoms with Crippen molar-refractivity contribution in [2.45, 2.75) is 25.7 Å². The monoisotopic (exact) mass is 93.1 g/mol. The predicted molar refractivity (Wildman–Crippen MR) is 27.6 cm³/mol.